The molecule has 80 valence electrons. The summed E-state index contributed by atoms with van der Waals surface area (Å²) in [5.41, 5.74) is -1.72. The van der Waals surface area contributed by atoms with Crippen molar-refractivity contribution in [1.29, 1.82) is 0 Å². The summed E-state index contributed by atoms with van der Waals surface area (Å²) in [7, 11) is 0. The predicted molar refractivity (Wildman–Crippen MR) is 46.5 cm³/mol. The van der Waals surface area contributed by atoms with Crippen molar-refractivity contribution < 1.29 is 22.4 Å². The maximum absolute atomic E-state index is 13.0. The lowest BCUT2D eigenvalue weighted by molar-refractivity contribution is -0.137. The number of carbonyl (C=O) groups is 1. The first-order chi connectivity index (χ1) is 6.96. The van der Waals surface area contributed by atoms with Gasteiger partial charge in [-0.2, -0.15) is 13.2 Å². The molecule has 0 fully saturated rings. The minimum atomic E-state index is -4.63. The highest BCUT2D eigenvalue weighted by Crippen LogP contribution is 2.33. The lowest BCUT2D eigenvalue weighted by atomic mass is 10.1. The number of halogens is 4. The Morgan fingerprint density at radius 1 is 1.20 bits per heavy atom. The Hall–Kier alpha value is -1.65. The largest absolute Gasteiger partial charge is 0.417 e. The van der Waals surface area contributed by atoms with Crippen LogP contribution in [0.2, 0.25) is 0 Å². The molecule has 0 bridgehead atoms. The van der Waals surface area contributed by atoms with E-state index in [-0.39, 0.29) is 6.29 Å². The van der Waals surface area contributed by atoms with Crippen LogP contribution in [-0.2, 0) is 11.0 Å². The topological polar surface area (TPSA) is 17.1 Å². The SMILES string of the molecule is O=CC=Cc1c(F)cccc1C(F)(F)F. The van der Waals surface area contributed by atoms with Gasteiger partial charge in [-0.3, -0.25) is 4.79 Å². The highest BCUT2D eigenvalue weighted by Gasteiger charge is 2.33. The van der Waals surface area contributed by atoms with Crippen molar-refractivity contribution in [3.05, 3.63) is 41.2 Å². The molecule has 1 nitrogen and oxygen atoms in total. The Labute approximate surface area is 83.0 Å². The lowest BCUT2D eigenvalue weighted by Gasteiger charge is -2.10. The van der Waals surface area contributed by atoms with Crippen molar-refractivity contribution in [2.24, 2.45) is 0 Å². The summed E-state index contributed by atoms with van der Waals surface area (Å²) in [5, 5.41) is 0. The van der Waals surface area contributed by atoms with E-state index in [1.54, 1.807) is 0 Å². The molecule has 0 N–H and O–H groups in total. The number of allylic oxidation sites excluding steroid dienone is 1. The molecule has 0 saturated carbocycles. The number of rotatable bonds is 2. The fourth-order valence-electron chi connectivity index (χ4n) is 1.09. The fraction of sp³-hybridized carbons (Fsp3) is 0.100. The molecular weight excluding hydrogens is 212 g/mol. The van der Waals surface area contributed by atoms with Gasteiger partial charge >= 0.3 is 6.18 Å². The van der Waals surface area contributed by atoms with E-state index in [2.05, 4.69) is 0 Å². The van der Waals surface area contributed by atoms with E-state index in [1.165, 1.54) is 0 Å². The molecule has 5 heteroatoms. The van der Waals surface area contributed by atoms with Crippen LogP contribution in [0.15, 0.2) is 24.3 Å². The molecule has 0 heterocycles. The summed E-state index contributed by atoms with van der Waals surface area (Å²) in [4.78, 5) is 9.96. The molecule has 1 aromatic carbocycles. The Morgan fingerprint density at radius 3 is 2.40 bits per heavy atom. The first kappa shape index (κ1) is 11.4. The highest BCUT2D eigenvalue weighted by atomic mass is 19.4. The summed E-state index contributed by atoms with van der Waals surface area (Å²) in [6.07, 6.45) is -2.74. The normalized spacial score (nSPS) is 12.0. The molecule has 0 unspecified atom stereocenters. The molecule has 0 aliphatic heterocycles. The van der Waals surface area contributed by atoms with Crippen molar-refractivity contribution in [2.45, 2.75) is 6.18 Å². The standard InChI is InChI=1S/C10H6F4O/c11-9-5-1-4-8(10(12,13)14)7(9)3-2-6-15/h1-6H. The monoisotopic (exact) mass is 218 g/mol. The van der Waals surface area contributed by atoms with E-state index in [0.717, 1.165) is 30.4 Å². The highest BCUT2D eigenvalue weighted by molar-refractivity contribution is 5.74. The van der Waals surface area contributed by atoms with Crippen LogP contribution < -0.4 is 0 Å². The molecule has 0 atom stereocenters. The maximum Gasteiger partial charge on any atom is 0.417 e. The van der Waals surface area contributed by atoms with Gasteiger partial charge in [0.05, 0.1) is 5.56 Å². The van der Waals surface area contributed by atoms with Crippen LogP contribution in [-0.4, -0.2) is 6.29 Å². The predicted octanol–water partition coefficient (Wildman–Crippen LogP) is 3.06. The maximum atomic E-state index is 13.0. The van der Waals surface area contributed by atoms with Gasteiger partial charge in [-0.25, -0.2) is 4.39 Å². The first-order valence-electron chi connectivity index (χ1n) is 3.94. The number of carbonyl (C=O) groups excluding carboxylic acids is 1. The Bertz CT molecular complexity index is 393. The lowest BCUT2D eigenvalue weighted by Crippen LogP contribution is -2.08. The minimum absolute atomic E-state index is 0.284. The zero-order valence-corrected chi connectivity index (χ0v) is 7.38. The summed E-state index contributed by atoms with van der Waals surface area (Å²) >= 11 is 0. The third-order valence-corrected chi connectivity index (χ3v) is 1.70. The molecule has 0 aromatic heterocycles. The summed E-state index contributed by atoms with van der Waals surface area (Å²) in [6.45, 7) is 0. The van der Waals surface area contributed by atoms with E-state index in [4.69, 9.17) is 0 Å². The quantitative estimate of drug-likeness (QED) is 0.423. The smallest absolute Gasteiger partial charge is 0.299 e. The number of alkyl halides is 3. The van der Waals surface area contributed by atoms with Crippen LogP contribution in [0, 0.1) is 5.82 Å². The van der Waals surface area contributed by atoms with Gasteiger partial charge < -0.3 is 0 Å². The third kappa shape index (κ3) is 2.65. The van der Waals surface area contributed by atoms with Gasteiger partial charge in [0.15, 0.2) is 0 Å². The van der Waals surface area contributed by atoms with Crippen molar-refractivity contribution in [3.8, 4) is 0 Å². The molecule has 0 amide bonds. The second kappa shape index (κ2) is 4.25. The van der Waals surface area contributed by atoms with Crippen LogP contribution in [0.25, 0.3) is 6.08 Å². The van der Waals surface area contributed by atoms with E-state index in [0.29, 0.717) is 0 Å². The van der Waals surface area contributed by atoms with Crippen LogP contribution in [0.3, 0.4) is 0 Å². The molecule has 0 aliphatic rings. The number of hydrogen-bond donors (Lipinski definition) is 0. The fourth-order valence-corrected chi connectivity index (χ4v) is 1.09. The van der Waals surface area contributed by atoms with Gasteiger partial charge in [0.2, 0.25) is 0 Å². The number of hydrogen-bond acceptors (Lipinski definition) is 1. The minimum Gasteiger partial charge on any atom is -0.299 e. The average Bonchev–Trinajstić information content (AvgIpc) is 2.14. The molecule has 15 heavy (non-hydrogen) atoms. The van der Waals surface area contributed by atoms with Gasteiger partial charge in [-0.15, -0.1) is 0 Å². The zero-order valence-electron chi connectivity index (χ0n) is 7.38. The molecule has 1 aromatic rings. The van der Waals surface area contributed by atoms with Crippen LogP contribution in [0.5, 0.6) is 0 Å². The van der Waals surface area contributed by atoms with Gasteiger partial charge in [-0.1, -0.05) is 6.07 Å². The van der Waals surface area contributed by atoms with Gasteiger partial charge in [0.25, 0.3) is 0 Å². The van der Waals surface area contributed by atoms with Crippen molar-refractivity contribution in [3.63, 3.8) is 0 Å². The van der Waals surface area contributed by atoms with Crippen LogP contribution in [0.1, 0.15) is 11.1 Å². The van der Waals surface area contributed by atoms with Gasteiger partial charge in [0, 0.05) is 5.56 Å². The van der Waals surface area contributed by atoms with Crippen molar-refractivity contribution >= 4 is 12.4 Å². The third-order valence-electron chi connectivity index (χ3n) is 1.70. The Kier molecular flexibility index (Phi) is 3.24. The second-order valence-electron chi connectivity index (χ2n) is 2.69. The Morgan fingerprint density at radius 2 is 1.87 bits per heavy atom. The van der Waals surface area contributed by atoms with Crippen LogP contribution >= 0.6 is 0 Å². The summed E-state index contributed by atoms with van der Waals surface area (Å²) in [6, 6.07) is 2.63. The number of aldehydes is 1. The van der Waals surface area contributed by atoms with Crippen molar-refractivity contribution in [1.82, 2.24) is 0 Å². The molecule has 1 rings (SSSR count). The average molecular weight is 218 g/mol. The zero-order chi connectivity index (χ0) is 11.5. The van der Waals surface area contributed by atoms with Gasteiger partial charge in [-0.05, 0) is 24.3 Å². The Balaban J connectivity index is 3.33. The summed E-state index contributed by atoms with van der Waals surface area (Å²) in [5.74, 6) is -1.01. The van der Waals surface area contributed by atoms with E-state index >= 15 is 0 Å². The van der Waals surface area contributed by atoms with Crippen molar-refractivity contribution in [2.75, 3.05) is 0 Å². The molecule has 0 radical (unpaired) electrons. The molecular formula is C10H6F4O. The second-order valence-corrected chi connectivity index (χ2v) is 2.69. The molecule has 0 saturated heterocycles. The number of benzene rings is 1. The first-order valence-corrected chi connectivity index (χ1v) is 3.94. The molecule has 0 aliphatic carbocycles. The van der Waals surface area contributed by atoms with E-state index < -0.39 is 23.1 Å². The van der Waals surface area contributed by atoms with Crippen LogP contribution in [0.4, 0.5) is 17.6 Å². The summed E-state index contributed by atoms with van der Waals surface area (Å²) < 4.78 is 50.1. The van der Waals surface area contributed by atoms with Gasteiger partial charge in [0.1, 0.15) is 12.1 Å². The van der Waals surface area contributed by atoms with E-state index in [1.807, 2.05) is 0 Å². The molecule has 0 spiro atoms. The van der Waals surface area contributed by atoms with E-state index in [9.17, 15) is 22.4 Å².